The molecule has 0 bridgehead atoms. The standard InChI is InChI=1S/C10H11F3N2O2/c11-10(12,13)6-2-1-3-7(4-6)15-9(17)8(14)5-16/h1-4,8,16H,5,14H2,(H,15,17)/t8-/m0/s1. The molecule has 4 nitrogen and oxygen atoms in total. The lowest BCUT2D eigenvalue weighted by atomic mass is 10.2. The zero-order valence-corrected chi connectivity index (χ0v) is 8.66. The number of aliphatic hydroxyl groups excluding tert-OH is 1. The highest BCUT2D eigenvalue weighted by molar-refractivity contribution is 5.94. The molecule has 0 spiro atoms. The van der Waals surface area contributed by atoms with Crippen LogP contribution in [-0.4, -0.2) is 23.7 Å². The average Bonchev–Trinajstić information content (AvgIpc) is 2.27. The molecule has 17 heavy (non-hydrogen) atoms. The summed E-state index contributed by atoms with van der Waals surface area (Å²) in [7, 11) is 0. The summed E-state index contributed by atoms with van der Waals surface area (Å²) < 4.78 is 37.1. The summed E-state index contributed by atoms with van der Waals surface area (Å²) in [5, 5.41) is 10.8. The SMILES string of the molecule is N[C@@H](CO)C(=O)Nc1cccc(C(F)(F)F)c1. The number of rotatable bonds is 3. The van der Waals surface area contributed by atoms with Crippen molar-refractivity contribution in [2.45, 2.75) is 12.2 Å². The average molecular weight is 248 g/mol. The summed E-state index contributed by atoms with van der Waals surface area (Å²) in [5.41, 5.74) is 4.32. The Morgan fingerprint density at radius 3 is 2.65 bits per heavy atom. The molecule has 0 aromatic heterocycles. The highest BCUT2D eigenvalue weighted by Crippen LogP contribution is 2.30. The summed E-state index contributed by atoms with van der Waals surface area (Å²) in [6.07, 6.45) is -4.47. The van der Waals surface area contributed by atoms with Crippen molar-refractivity contribution in [1.82, 2.24) is 0 Å². The Morgan fingerprint density at radius 2 is 2.12 bits per heavy atom. The van der Waals surface area contributed by atoms with Crippen molar-refractivity contribution in [1.29, 1.82) is 0 Å². The first-order chi connectivity index (χ1) is 7.84. The third kappa shape index (κ3) is 3.72. The molecular formula is C10H11F3N2O2. The number of benzene rings is 1. The largest absolute Gasteiger partial charge is 0.416 e. The molecule has 1 rings (SSSR count). The molecule has 0 radical (unpaired) electrons. The topological polar surface area (TPSA) is 75.3 Å². The molecule has 7 heteroatoms. The normalized spacial score (nSPS) is 13.2. The predicted molar refractivity (Wildman–Crippen MR) is 55.1 cm³/mol. The zero-order chi connectivity index (χ0) is 13.1. The van der Waals surface area contributed by atoms with Gasteiger partial charge in [0.2, 0.25) is 5.91 Å². The Hall–Kier alpha value is -1.60. The molecule has 0 saturated carbocycles. The number of carbonyl (C=O) groups is 1. The van der Waals surface area contributed by atoms with Crippen LogP contribution in [0, 0.1) is 0 Å². The van der Waals surface area contributed by atoms with Gasteiger partial charge in [-0.15, -0.1) is 0 Å². The fourth-order valence-electron chi connectivity index (χ4n) is 1.09. The fourth-order valence-corrected chi connectivity index (χ4v) is 1.09. The predicted octanol–water partition coefficient (Wildman–Crippen LogP) is 0.964. The van der Waals surface area contributed by atoms with E-state index in [1.807, 2.05) is 0 Å². The fraction of sp³-hybridized carbons (Fsp3) is 0.300. The summed E-state index contributed by atoms with van der Waals surface area (Å²) in [4.78, 5) is 11.2. The van der Waals surface area contributed by atoms with Crippen molar-refractivity contribution in [2.75, 3.05) is 11.9 Å². The van der Waals surface area contributed by atoms with Gasteiger partial charge in [-0.05, 0) is 18.2 Å². The van der Waals surface area contributed by atoms with Crippen molar-refractivity contribution in [2.24, 2.45) is 5.73 Å². The van der Waals surface area contributed by atoms with Crippen LogP contribution in [0.2, 0.25) is 0 Å². The summed E-state index contributed by atoms with van der Waals surface area (Å²) >= 11 is 0. The van der Waals surface area contributed by atoms with Crippen LogP contribution >= 0.6 is 0 Å². The van der Waals surface area contributed by atoms with Crippen molar-refractivity contribution in [3.05, 3.63) is 29.8 Å². The number of anilines is 1. The van der Waals surface area contributed by atoms with Crippen LogP contribution in [0.25, 0.3) is 0 Å². The van der Waals surface area contributed by atoms with Gasteiger partial charge in [0.25, 0.3) is 0 Å². The molecule has 0 aliphatic carbocycles. The van der Waals surface area contributed by atoms with E-state index in [1.54, 1.807) is 0 Å². The second kappa shape index (κ2) is 5.15. The van der Waals surface area contributed by atoms with Gasteiger partial charge in [0.1, 0.15) is 6.04 Å². The smallest absolute Gasteiger partial charge is 0.394 e. The van der Waals surface area contributed by atoms with E-state index >= 15 is 0 Å². The Balaban J connectivity index is 2.83. The number of nitrogens with two attached hydrogens (primary N) is 1. The van der Waals surface area contributed by atoms with Gasteiger partial charge >= 0.3 is 6.18 Å². The van der Waals surface area contributed by atoms with Crippen molar-refractivity contribution in [3.8, 4) is 0 Å². The van der Waals surface area contributed by atoms with Gasteiger partial charge < -0.3 is 16.2 Å². The van der Waals surface area contributed by atoms with E-state index in [9.17, 15) is 18.0 Å². The Kier molecular flexibility index (Phi) is 4.08. The van der Waals surface area contributed by atoms with E-state index in [0.717, 1.165) is 12.1 Å². The van der Waals surface area contributed by atoms with Crippen molar-refractivity contribution < 1.29 is 23.1 Å². The highest BCUT2D eigenvalue weighted by Gasteiger charge is 2.30. The minimum Gasteiger partial charge on any atom is -0.394 e. The number of aliphatic hydroxyl groups is 1. The molecule has 1 amide bonds. The van der Waals surface area contributed by atoms with Gasteiger partial charge in [-0.3, -0.25) is 4.79 Å². The summed E-state index contributed by atoms with van der Waals surface area (Å²) in [6.45, 7) is -0.579. The minimum atomic E-state index is -4.47. The van der Waals surface area contributed by atoms with Gasteiger partial charge in [-0.1, -0.05) is 6.07 Å². The van der Waals surface area contributed by atoms with Crippen LogP contribution in [0.4, 0.5) is 18.9 Å². The van der Waals surface area contributed by atoms with Gasteiger partial charge in [-0.2, -0.15) is 13.2 Å². The minimum absolute atomic E-state index is 0.0197. The Bertz CT molecular complexity index is 407. The second-order valence-corrected chi connectivity index (χ2v) is 3.36. The molecule has 1 atom stereocenters. The molecular weight excluding hydrogens is 237 g/mol. The van der Waals surface area contributed by atoms with Crippen LogP contribution in [-0.2, 0) is 11.0 Å². The molecule has 94 valence electrons. The zero-order valence-electron chi connectivity index (χ0n) is 8.66. The van der Waals surface area contributed by atoms with Crippen LogP contribution in [0.3, 0.4) is 0 Å². The lowest BCUT2D eigenvalue weighted by molar-refractivity contribution is -0.137. The first kappa shape index (κ1) is 13.5. The first-order valence-corrected chi connectivity index (χ1v) is 4.69. The monoisotopic (exact) mass is 248 g/mol. The van der Waals surface area contributed by atoms with Crippen LogP contribution < -0.4 is 11.1 Å². The van der Waals surface area contributed by atoms with E-state index in [4.69, 9.17) is 10.8 Å². The molecule has 4 N–H and O–H groups in total. The third-order valence-corrected chi connectivity index (χ3v) is 1.99. The summed E-state index contributed by atoms with van der Waals surface area (Å²) in [6, 6.07) is 2.99. The van der Waals surface area contributed by atoms with Crippen molar-refractivity contribution >= 4 is 11.6 Å². The molecule has 0 fully saturated rings. The van der Waals surface area contributed by atoms with Gasteiger partial charge in [0, 0.05) is 5.69 Å². The number of hydrogen-bond acceptors (Lipinski definition) is 3. The van der Waals surface area contributed by atoms with Crippen molar-refractivity contribution in [3.63, 3.8) is 0 Å². The quantitative estimate of drug-likeness (QED) is 0.745. The maximum atomic E-state index is 12.4. The molecule has 0 aliphatic rings. The number of nitrogens with one attached hydrogen (secondary N) is 1. The lowest BCUT2D eigenvalue weighted by Gasteiger charge is -2.11. The number of amides is 1. The van der Waals surface area contributed by atoms with Gasteiger partial charge in [-0.25, -0.2) is 0 Å². The van der Waals surface area contributed by atoms with E-state index in [1.165, 1.54) is 12.1 Å². The maximum absolute atomic E-state index is 12.4. The van der Waals surface area contributed by atoms with Crippen LogP contribution in [0.5, 0.6) is 0 Å². The number of alkyl halides is 3. The molecule has 1 aromatic rings. The molecule has 0 unspecified atom stereocenters. The molecule has 0 heterocycles. The molecule has 0 saturated heterocycles. The Labute approximate surface area is 95.2 Å². The van der Waals surface area contributed by atoms with Gasteiger partial charge in [0.15, 0.2) is 0 Å². The molecule has 1 aromatic carbocycles. The number of halogens is 3. The third-order valence-electron chi connectivity index (χ3n) is 1.99. The maximum Gasteiger partial charge on any atom is 0.416 e. The van der Waals surface area contributed by atoms with Gasteiger partial charge in [0.05, 0.1) is 12.2 Å². The van der Waals surface area contributed by atoms with Crippen LogP contribution in [0.1, 0.15) is 5.56 Å². The second-order valence-electron chi connectivity index (χ2n) is 3.36. The lowest BCUT2D eigenvalue weighted by Crippen LogP contribution is -2.38. The van der Waals surface area contributed by atoms with E-state index in [-0.39, 0.29) is 5.69 Å². The van der Waals surface area contributed by atoms with Crippen LogP contribution in [0.15, 0.2) is 24.3 Å². The molecule has 0 aliphatic heterocycles. The number of hydrogen-bond donors (Lipinski definition) is 3. The highest BCUT2D eigenvalue weighted by atomic mass is 19.4. The first-order valence-electron chi connectivity index (χ1n) is 4.69. The van der Waals surface area contributed by atoms with E-state index < -0.39 is 30.3 Å². The summed E-state index contributed by atoms with van der Waals surface area (Å²) in [5.74, 6) is -0.744. The van der Waals surface area contributed by atoms with E-state index in [0.29, 0.717) is 0 Å². The number of carbonyl (C=O) groups excluding carboxylic acids is 1. The van der Waals surface area contributed by atoms with E-state index in [2.05, 4.69) is 5.32 Å². The Morgan fingerprint density at radius 1 is 1.47 bits per heavy atom.